The zero-order valence-electron chi connectivity index (χ0n) is 12.8. The molecule has 6 nitrogen and oxygen atoms in total. The number of fused-ring (bicyclic) bond motifs is 1. The van der Waals surface area contributed by atoms with Gasteiger partial charge in [-0.1, -0.05) is 0 Å². The molecule has 0 unspecified atom stereocenters. The SMILES string of the molecule is CCn1cc(N)c(=O)c2cnc(-c3cc(C)nc(C)c3)nc21. The third kappa shape index (κ3) is 2.32. The van der Waals surface area contributed by atoms with Crippen molar-refractivity contribution in [1.82, 2.24) is 19.5 Å². The molecule has 0 aliphatic carbocycles. The second-order valence-electron chi connectivity index (χ2n) is 5.27. The molecule has 0 saturated carbocycles. The smallest absolute Gasteiger partial charge is 0.215 e. The number of pyridine rings is 2. The number of anilines is 1. The highest BCUT2D eigenvalue weighted by Crippen LogP contribution is 2.19. The van der Waals surface area contributed by atoms with Crippen molar-refractivity contribution in [2.24, 2.45) is 0 Å². The summed E-state index contributed by atoms with van der Waals surface area (Å²) in [6.07, 6.45) is 3.18. The van der Waals surface area contributed by atoms with E-state index in [1.807, 2.05) is 37.5 Å². The van der Waals surface area contributed by atoms with Crippen LogP contribution in [-0.4, -0.2) is 19.5 Å². The standard InChI is InChI=1S/C16H17N5O/c1-4-21-8-13(17)14(22)12-7-18-15(20-16(12)21)11-5-9(2)19-10(3)6-11/h5-8H,4,17H2,1-3H3. The fourth-order valence-corrected chi connectivity index (χ4v) is 2.54. The molecule has 3 aromatic heterocycles. The van der Waals surface area contributed by atoms with E-state index in [9.17, 15) is 4.79 Å². The first-order chi connectivity index (χ1) is 10.5. The minimum atomic E-state index is -0.228. The lowest BCUT2D eigenvalue weighted by atomic mass is 10.2. The summed E-state index contributed by atoms with van der Waals surface area (Å²) in [6.45, 7) is 6.51. The molecule has 0 radical (unpaired) electrons. The van der Waals surface area contributed by atoms with Crippen LogP contribution in [0.15, 0.2) is 29.3 Å². The van der Waals surface area contributed by atoms with E-state index in [0.29, 0.717) is 23.4 Å². The molecule has 0 fully saturated rings. The summed E-state index contributed by atoms with van der Waals surface area (Å²) in [5, 5.41) is 0.438. The second-order valence-corrected chi connectivity index (χ2v) is 5.27. The Kier molecular flexibility index (Phi) is 3.36. The van der Waals surface area contributed by atoms with E-state index in [4.69, 9.17) is 5.73 Å². The molecule has 0 amide bonds. The van der Waals surface area contributed by atoms with Crippen molar-refractivity contribution in [2.75, 3.05) is 5.73 Å². The van der Waals surface area contributed by atoms with Crippen LogP contribution in [0.25, 0.3) is 22.4 Å². The quantitative estimate of drug-likeness (QED) is 0.782. The fourth-order valence-electron chi connectivity index (χ4n) is 2.54. The molecule has 3 heterocycles. The summed E-state index contributed by atoms with van der Waals surface area (Å²) in [6, 6.07) is 3.86. The molecule has 112 valence electrons. The zero-order valence-corrected chi connectivity index (χ0v) is 12.8. The van der Waals surface area contributed by atoms with Crippen LogP contribution in [0, 0.1) is 13.8 Å². The van der Waals surface area contributed by atoms with Crippen molar-refractivity contribution in [3.05, 3.63) is 46.1 Å². The zero-order chi connectivity index (χ0) is 15.9. The largest absolute Gasteiger partial charge is 0.394 e. The first-order valence-corrected chi connectivity index (χ1v) is 7.11. The third-order valence-electron chi connectivity index (χ3n) is 3.52. The van der Waals surface area contributed by atoms with E-state index in [0.717, 1.165) is 17.0 Å². The first-order valence-electron chi connectivity index (χ1n) is 7.11. The van der Waals surface area contributed by atoms with Gasteiger partial charge in [0.15, 0.2) is 5.82 Å². The minimum absolute atomic E-state index is 0.210. The molecule has 0 aliphatic heterocycles. The molecule has 0 aliphatic rings. The molecule has 3 rings (SSSR count). The Balaban J connectivity index is 2.30. The van der Waals surface area contributed by atoms with Crippen LogP contribution >= 0.6 is 0 Å². The van der Waals surface area contributed by atoms with Crippen LogP contribution in [0.3, 0.4) is 0 Å². The average molecular weight is 295 g/mol. The number of aryl methyl sites for hydroxylation is 3. The predicted octanol–water partition coefficient (Wildman–Crippen LogP) is 2.07. The summed E-state index contributed by atoms with van der Waals surface area (Å²) in [5.41, 5.74) is 9.03. The maximum atomic E-state index is 12.1. The molecule has 0 saturated heterocycles. The van der Waals surface area contributed by atoms with Gasteiger partial charge < -0.3 is 10.3 Å². The van der Waals surface area contributed by atoms with E-state index in [-0.39, 0.29) is 11.1 Å². The predicted molar refractivity (Wildman–Crippen MR) is 86.6 cm³/mol. The normalized spacial score (nSPS) is 11.0. The van der Waals surface area contributed by atoms with Crippen LogP contribution in [0.2, 0.25) is 0 Å². The van der Waals surface area contributed by atoms with Crippen LogP contribution in [0.4, 0.5) is 5.69 Å². The van der Waals surface area contributed by atoms with Gasteiger partial charge in [0, 0.05) is 35.9 Å². The van der Waals surface area contributed by atoms with E-state index in [2.05, 4.69) is 15.0 Å². The molecular formula is C16H17N5O. The van der Waals surface area contributed by atoms with Gasteiger partial charge >= 0.3 is 0 Å². The van der Waals surface area contributed by atoms with Gasteiger partial charge in [0.05, 0.1) is 11.1 Å². The molecule has 6 heteroatoms. The van der Waals surface area contributed by atoms with Gasteiger partial charge in [-0.3, -0.25) is 9.78 Å². The van der Waals surface area contributed by atoms with E-state index in [1.54, 1.807) is 12.4 Å². The lowest BCUT2D eigenvalue weighted by Gasteiger charge is -2.10. The highest BCUT2D eigenvalue weighted by Gasteiger charge is 2.11. The molecule has 0 spiro atoms. The highest BCUT2D eigenvalue weighted by molar-refractivity contribution is 5.79. The lowest BCUT2D eigenvalue weighted by Crippen LogP contribution is -2.15. The Bertz CT molecular complexity index is 909. The molecule has 2 N–H and O–H groups in total. The highest BCUT2D eigenvalue weighted by atomic mass is 16.1. The summed E-state index contributed by atoms with van der Waals surface area (Å²) in [7, 11) is 0. The van der Waals surface area contributed by atoms with Crippen LogP contribution in [-0.2, 0) is 6.54 Å². The Labute approximate surface area is 127 Å². The van der Waals surface area contributed by atoms with Gasteiger partial charge in [0.25, 0.3) is 0 Å². The number of hydrogen-bond donors (Lipinski definition) is 1. The summed E-state index contributed by atoms with van der Waals surface area (Å²) in [5.74, 6) is 0.576. The monoisotopic (exact) mass is 295 g/mol. The van der Waals surface area contributed by atoms with Gasteiger partial charge in [-0.25, -0.2) is 9.97 Å². The van der Waals surface area contributed by atoms with Gasteiger partial charge in [-0.2, -0.15) is 0 Å². The second kappa shape index (κ2) is 5.22. The lowest BCUT2D eigenvalue weighted by molar-refractivity contribution is 0.778. The third-order valence-corrected chi connectivity index (χ3v) is 3.52. The summed E-state index contributed by atoms with van der Waals surface area (Å²) >= 11 is 0. The minimum Gasteiger partial charge on any atom is -0.394 e. The molecule has 0 atom stereocenters. The van der Waals surface area contributed by atoms with Crippen molar-refractivity contribution in [1.29, 1.82) is 0 Å². The van der Waals surface area contributed by atoms with Crippen LogP contribution < -0.4 is 11.2 Å². The van der Waals surface area contributed by atoms with Crippen molar-refractivity contribution in [3.63, 3.8) is 0 Å². The number of nitrogens with zero attached hydrogens (tertiary/aromatic N) is 4. The molecule has 0 bridgehead atoms. The molecule has 0 aromatic carbocycles. The Morgan fingerprint density at radius 3 is 2.50 bits per heavy atom. The Morgan fingerprint density at radius 1 is 1.18 bits per heavy atom. The summed E-state index contributed by atoms with van der Waals surface area (Å²) < 4.78 is 1.86. The fraction of sp³-hybridized carbons (Fsp3) is 0.250. The molecule has 22 heavy (non-hydrogen) atoms. The van der Waals surface area contributed by atoms with Gasteiger partial charge in [0.2, 0.25) is 5.43 Å². The Morgan fingerprint density at radius 2 is 1.86 bits per heavy atom. The van der Waals surface area contributed by atoms with E-state index < -0.39 is 0 Å². The topological polar surface area (TPSA) is 86.7 Å². The van der Waals surface area contributed by atoms with Crippen LogP contribution in [0.5, 0.6) is 0 Å². The van der Waals surface area contributed by atoms with Crippen molar-refractivity contribution >= 4 is 16.7 Å². The maximum absolute atomic E-state index is 12.1. The number of nitrogens with two attached hydrogens (primary N) is 1. The Hall–Kier alpha value is -2.76. The van der Waals surface area contributed by atoms with Crippen molar-refractivity contribution < 1.29 is 0 Å². The van der Waals surface area contributed by atoms with Gasteiger partial charge in [-0.15, -0.1) is 0 Å². The summed E-state index contributed by atoms with van der Waals surface area (Å²) in [4.78, 5) is 25.4. The maximum Gasteiger partial charge on any atom is 0.215 e. The number of aromatic nitrogens is 4. The van der Waals surface area contributed by atoms with Gasteiger partial charge in [0.1, 0.15) is 5.65 Å². The van der Waals surface area contributed by atoms with Gasteiger partial charge in [-0.05, 0) is 32.9 Å². The van der Waals surface area contributed by atoms with Crippen LogP contribution in [0.1, 0.15) is 18.3 Å². The number of rotatable bonds is 2. The molecule has 3 aromatic rings. The number of hydrogen-bond acceptors (Lipinski definition) is 5. The van der Waals surface area contributed by atoms with Crippen molar-refractivity contribution in [2.45, 2.75) is 27.3 Å². The van der Waals surface area contributed by atoms with E-state index >= 15 is 0 Å². The average Bonchev–Trinajstić information content (AvgIpc) is 2.49. The van der Waals surface area contributed by atoms with Crippen molar-refractivity contribution in [3.8, 4) is 11.4 Å². The molecular weight excluding hydrogens is 278 g/mol. The number of nitrogen functional groups attached to an aromatic ring is 1. The first kappa shape index (κ1) is 14.2. The van der Waals surface area contributed by atoms with E-state index in [1.165, 1.54) is 0 Å².